The van der Waals surface area contributed by atoms with Crippen LogP contribution in [0, 0.1) is 23.2 Å². The van der Waals surface area contributed by atoms with Gasteiger partial charge in [-0.1, -0.05) is 33.6 Å². The quantitative estimate of drug-likeness (QED) is 0.386. The van der Waals surface area contributed by atoms with E-state index in [9.17, 15) is 18.0 Å². The Morgan fingerprint density at radius 3 is 2.25 bits per heavy atom. The van der Waals surface area contributed by atoms with E-state index in [-0.39, 0.29) is 29.5 Å². The van der Waals surface area contributed by atoms with Crippen molar-refractivity contribution in [3.8, 4) is 0 Å². The van der Waals surface area contributed by atoms with Gasteiger partial charge in [0.1, 0.15) is 0 Å². The average Bonchev–Trinajstić information content (AvgIpc) is 2.90. The van der Waals surface area contributed by atoms with Gasteiger partial charge in [-0.15, -0.1) is 13.2 Å². The number of hydrogen-bond donors (Lipinski definition) is 1. The second kappa shape index (κ2) is 14.0. The number of piperidine rings is 1. The zero-order valence-corrected chi connectivity index (χ0v) is 25.3. The number of nitrogens with one attached hydrogen (secondary N) is 1. The molecule has 2 aliphatic heterocycles. The Balaban J connectivity index is 1.52. The second-order valence-corrected chi connectivity index (χ2v) is 13.9. The predicted molar refractivity (Wildman–Crippen MR) is 151 cm³/mol. The highest BCUT2D eigenvalue weighted by molar-refractivity contribution is 5.77. The van der Waals surface area contributed by atoms with E-state index in [2.05, 4.69) is 47.5 Å². The number of hydrogen-bond acceptors (Lipinski definition) is 5. The monoisotopic (exact) mass is 573 g/mol. The molecule has 9 heteroatoms. The molecule has 0 radical (unpaired) electrons. The maximum Gasteiger partial charge on any atom is 0.522 e. The number of amides is 1. The Kier molecular flexibility index (Phi) is 11.2. The molecule has 1 amide bonds. The number of rotatable bonds is 8. The Morgan fingerprint density at radius 2 is 1.62 bits per heavy atom. The first-order valence-electron chi connectivity index (χ1n) is 16.1. The summed E-state index contributed by atoms with van der Waals surface area (Å²) >= 11 is 0. The molecular formula is C31H54F3N3O3. The van der Waals surface area contributed by atoms with E-state index >= 15 is 0 Å². The van der Waals surface area contributed by atoms with E-state index in [4.69, 9.17) is 4.74 Å². The summed E-state index contributed by atoms with van der Waals surface area (Å²) in [6.45, 7) is 13.8. The summed E-state index contributed by atoms with van der Waals surface area (Å²) in [7, 11) is 0. The first kappa shape index (κ1) is 32.0. The second-order valence-electron chi connectivity index (χ2n) is 13.9. The maximum atomic E-state index is 13.7. The van der Waals surface area contributed by atoms with Crippen molar-refractivity contribution in [2.75, 3.05) is 39.3 Å². The molecule has 1 N–H and O–H groups in total. The van der Waals surface area contributed by atoms with Crippen molar-refractivity contribution in [2.24, 2.45) is 23.2 Å². The molecule has 3 unspecified atom stereocenters. The lowest BCUT2D eigenvalue weighted by atomic mass is 9.70. The van der Waals surface area contributed by atoms with Gasteiger partial charge in [0.2, 0.25) is 5.91 Å². The van der Waals surface area contributed by atoms with Gasteiger partial charge >= 0.3 is 6.36 Å². The fourth-order valence-electron chi connectivity index (χ4n) is 8.16. The molecule has 2 saturated carbocycles. The van der Waals surface area contributed by atoms with Crippen LogP contribution in [0.25, 0.3) is 0 Å². The number of piperazine rings is 1. The van der Waals surface area contributed by atoms with Crippen LogP contribution in [-0.4, -0.2) is 85.7 Å². The summed E-state index contributed by atoms with van der Waals surface area (Å²) < 4.78 is 49.6. The van der Waals surface area contributed by atoms with Gasteiger partial charge in [-0.25, -0.2) is 0 Å². The molecule has 4 fully saturated rings. The molecular weight excluding hydrogens is 519 g/mol. The Morgan fingerprint density at radius 1 is 0.950 bits per heavy atom. The van der Waals surface area contributed by atoms with Gasteiger partial charge in [-0.3, -0.25) is 14.4 Å². The third-order valence-corrected chi connectivity index (χ3v) is 10.2. The van der Waals surface area contributed by atoms with Crippen LogP contribution in [-0.2, 0) is 14.3 Å². The number of nitrogens with zero attached hydrogens (tertiary/aromatic N) is 2. The summed E-state index contributed by atoms with van der Waals surface area (Å²) in [6.07, 6.45) is 4.54. The first-order chi connectivity index (χ1) is 19.0. The van der Waals surface area contributed by atoms with Gasteiger partial charge < -0.3 is 15.0 Å². The molecule has 2 heterocycles. The normalized spacial score (nSPS) is 32.7. The van der Waals surface area contributed by atoms with Gasteiger partial charge in [-0.05, 0) is 88.6 Å². The van der Waals surface area contributed by atoms with E-state index in [1.54, 1.807) is 0 Å². The van der Waals surface area contributed by atoms with E-state index in [1.165, 1.54) is 12.8 Å². The van der Waals surface area contributed by atoms with Gasteiger partial charge in [-0.2, -0.15) is 0 Å². The summed E-state index contributed by atoms with van der Waals surface area (Å²) in [6, 6.07) is 0.368. The molecule has 0 aromatic rings. The molecule has 0 aromatic heterocycles. The Hall–Kier alpha value is -0.900. The van der Waals surface area contributed by atoms with Gasteiger partial charge in [0.15, 0.2) is 0 Å². The minimum absolute atomic E-state index is 0.0723. The zero-order valence-electron chi connectivity index (χ0n) is 25.3. The minimum atomic E-state index is -4.57. The predicted octanol–water partition coefficient (Wildman–Crippen LogP) is 5.99. The molecule has 4 rings (SSSR count). The lowest BCUT2D eigenvalue weighted by molar-refractivity contribution is -0.346. The van der Waals surface area contributed by atoms with Crippen molar-refractivity contribution in [1.29, 1.82) is 0 Å². The zero-order chi connectivity index (χ0) is 28.9. The number of carbonyl (C=O) groups is 1. The van der Waals surface area contributed by atoms with Crippen LogP contribution < -0.4 is 5.32 Å². The van der Waals surface area contributed by atoms with Crippen molar-refractivity contribution in [2.45, 2.75) is 129 Å². The molecule has 4 aliphatic rings. The lowest BCUT2D eigenvalue weighted by Gasteiger charge is -2.54. The summed E-state index contributed by atoms with van der Waals surface area (Å²) in [5, 5.41) is 3.40. The third kappa shape index (κ3) is 8.57. The van der Waals surface area contributed by atoms with Crippen molar-refractivity contribution >= 4 is 5.91 Å². The van der Waals surface area contributed by atoms with Gasteiger partial charge in [0.25, 0.3) is 0 Å². The van der Waals surface area contributed by atoms with Crippen molar-refractivity contribution in [3.63, 3.8) is 0 Å². The highest BCUT2D eigenvalue weighted by Crippen LogP contribution is 2.42. The highest BCUT2D eigenvalue weighted by Gasteiger charge is 2.47. The molecule has 0 bridgehead atoms. The number of halogens is 3. The van der Waals surface area contributed by atoms with Crippen LogP contribution in [0.4, 0.5) is 13.2 Å². The summed E-state index contributed by atoms with van der Waals surface area (Å²) in [5.41, 5.74) is -0.0723. The van der Waals surface area contributed by atoms with Crippen LogP contribution in [0.15, 0.2) is 0 Å². The molecule has 2 saturated heterocycles. The Labute approximate surface area is 240 Å². The fraction of sp³-hybridized carbons (Fsp3) is 0.968. The molecule has 2 aliphatic carbocycles. The van der Waals surface area contributed by atoms with E-state index in [0.29, 0.717) is 43.6 Å². The van der Waals surface area contributed by atoms with Crippen LogP contribution in [0.2, 0.25) is 0 Å². The Bertz CT molecular complexity index is 789. The smallest absolute Gasteiger partial charge is 0.378 e. The lowest BCUT2D eigenvalue weighted by Crippen LogP contribution is -2.64. The van der Waals surface area contributed by atoms with Crippen molar-refractivity contribution in [1.82, 2.24) is 15.1 Å². The fourth-order valence-corrected chi connectivity index (χ4v) is 8.16. The molecule has 40 heavy (non-hydrogen) atoms. The molecule has 4 atom stereocenters. The van der Waals surface area contributed by atoms with Gasteiger partial charge in [0, 0.05) is 50.7 Å². The van der Waals surface area contributed by atoms with E-state index in [0.717, 1.165) is 71.2 Å². The standard InChI is InChI=1S/C31H54F3N3O3/c1-5-39-26-9-7-6-8-25(26)29(23-10-12-24(13-11-23)40-31(32,33)34)36-18-19-37(27(21-36)30(2,3)4)28(38)20-22-14-16-35-17-15-22/h22-27,29,35H,5-21H2,1-4H3/t23?,24?,25?,26?,27-,29?/m1/s1. The van der Waals surface area contributed by atoms with Crippen LogP contribution in [0.1, 0.15) is 98.3 Å². The maximum absolute atomic E-state index is 13.7. The van der Waals surface area contributed by atoms with E-state index in [1.807, 2.05) is 0 Å². The van der Waals surface area contributed by atoms with Crippen LogP contribution >= 0.6 is 0 Å². The average molecular weight is 574 g/mol. The third-order valence-electron chi connectivity index (χ3n) is 10.2. The SMILES string of the molecule is CCOC1CCCCC1C(C1CCC(OC(F)(F)F)CC1)N1CCN(C(=O)CC2CCNCC2)[C@@H](C(C)(C)C)C1. The molecule has 0 aromatic carbocycles. The number of ether oxygens (including phenoxy) is 2. The number of alkyl halides is 3. The first-order valence-corrected chi connectivity index (χ1v) is 16.1. The van der Waals surface area contributed by atoms with Crippen molar-refractivity contribution in [3.05, 3.63) is 0 Å². The van der Waals surface area contributed by atoms with Crippen LogP contribution in [0.3, 0.4) is 0 Å². The summed E-state index contributed by atoms with van der Waals surface area (Å²) in [5.74, 6) is 1.44. The molecule has 6 nitrogen and oxygen atoms in total. The van der Waals surface area contributed by atoms with Gasteiger partial charge in [0.05, 0.1) is 12.2 Å². The van der Waals surface area contributed by atoms with Crippen molar-refractivity contribution < 1.29 is 27.4 Å². The largest absolute Gasteiger partial charge is 0.522 e. The summed E-state index contributed by atoms with van der Waals surface area (Å²) in [4.78, 5) is 18.4. The minimum Gasteiger partial charge on any atom is -0.378 e. The van der Waals surface area contributed by atoms with E-state index < -0.39 is 12.5 Å². The molecule has 0 spiro atoms. The number of carbonyl (C=O) groups excluding carboxylic acids is 1. The highest BCUT2D eigenvalue weighted by atomic mass is 19.4. The topological polar surface area (TPSA) is 54.0 Å². The van der Waals surface area contributed by atoms with Crippen LogP contribution in [0.5, 0.6) is 0 Å². The molecule has 232 valence electrons.